The summed E-state index contributed by atoms with van der Waals surface area (Å²) in [6, 6.07) is 0. The minimum atomic E-state index is -3.95. The number of rotatable bonds is 4. The van der Waals surface area contributed by atoms with Crippen molar-refractivity contribution in [1.29, 1.82) is 0 Å². The third kappa shape index (κ3) is 4.09. The summed E-state index contributed by atoms with van der Waals surface area (Å²) in [5.41, 5.74) is 4.96. The molecule has 0 aromatic rings. The number of amides is 1. The van der Waals surface area contributed by atoms with Crippen molar-refractivity contribution in [2.45, 2.75) is 18.4 Å². The van der Waals surface area contributed by atoms with Gasteiger partial charge in [-0.2, -0.15) is 13.1 Å². The maximum atomic E-state index is 11.7. The van der Waals surface area contributed by atoms with Crippen LogP contribution in [0.1, 0.15) is 12.8 Å². The van der Waals surface area contributed by atoms with Gasteiger partial charge in [0.1, 0.15) is 0 Å². The number of carbonyl (C=O) groups excluding carboxylic acids is 1. The summed E-state index contributed by atoms with van der Waals surface area (Å²) < 4.78 is 31.9. The van der Waals surface area contributed by atoms with Crippen LogP contribution in [0.2, 0.25) is 0 Å². The van der Waals surface area contributed by atoms with Crippen molar-refractivity contribution in [3.63, 3.8) is 0 Å². The van der Waals surface area contributed by atoms with Crippen LogP contribution in [-0.4, -0.2) is 58.7 Å². The minimum Gasteiger partial charge on any atom is -0.452 e. The smallest absolute Gasteiger partial charge is 0.421 e. The largest absolute Gasteiger partial charge is 0.452 e. The number of hydrogen-bond donors (Lipinski definition) is 3. The summed E-state index contributed by atoms with van der Waals surface area (Å²) in [4.78, 5) is 13.0. The minimum absolute atomic E-state index is 0.183. The van der Waals surface area contributed by atoms with Crippen molar-refractivity contribution in [1.82, 2.24) is 14.3 Å². The second kappa shape index (κ2) is 5.83. The second-order valence-electron chi connectivity index (χ2n) is 4.49. The molecule has 0 unspecified atom stereocenters. The Morgan fingerprint density at radius 1 is 1.44 bits per heavy atom. The first-order valence-corrected chi connectivity index (χ1v) is 7.09. The van der Waals surface area contributed by atoms with E-state index in [4.69, 9.17) is 5.73 Å². The van der Waals surface area contributed by atoms with E-state index in [1.165, 1.54) is 0 Å². The van der Waals surface area contributed by atoms with Crippen LogP contribution < -0.4 is 15.2 Å². The van der Waals surface area contributed by atoms with Crippen molar-refractivity contribution in [3.05, 3.63) is 0 Å². The van der Waals surface area contributed by atoms with E-state index in [1.807, 2.05) is 7.05 Å². The molecule has 18 heavy (non-hydrogen) atoms. The van der Waals surface area contributed by atoms with Gasteiger partial charge >= 0.3 is 16.3 Å². The number of nitrogens with zero attached hydrogens (tertiary/aromatic N) is 1. The van der Waals surface area contributed by atoms with Crippen LogP contribution in [0.4, 0.5) is 4.79 Å². The molecule has 1 aliphatic heterocycles. The SMILES string of the molecule is COC(=O)NS(=O)(=O)NC1(CN)CCN(C)CC1. The highest BCUT2D eigenvalue weighted by Gasteiger charge is 2.36. The van der Waals surface area contributed by atoms with Gasteiger partial charge < -0.3 is 15.4 Å². The molecule has 8 nitrogen and oxygen atoms in total. The number of carbonyl (C=O) groups is 1. The van der Waals surface area contributed by atoms with Gasteiger partial charge in [-0.1, -0.05) is 0 Å². The second-order valence-corrected chi connectivity index (χ2v) is 5.90. The van der Waals surface area contributed by atoms with Gasteiger partial charge in [0.15, 0.2) is 0 Å². The fourth-order valence-corrected chi connectivity index (χ4v) is 3.07. The summed E-state index contributed by atoms with van der Waals surface area (Å²) in [5, 5.41) is 0. The molecule has 9 heteroatoms. The molecule has 0 aromatic heterocycles. The van der Waals surface area contributed by atoms with Crippen LogP contribution in [0, 0.1) is 0 Å². The lowest BCUT2D eigenvalue weighted by atomic mass is 9.89. The molecule has 0 saturated carbocycles. The lowest BCUT2D eigenvalue weighted by Gasteiger charge is -2.39. The molecule has 1 heterocycles. The van der Waals surface area contributed by atoms with Crippen LogP contribution in [0.5, 0.6) is 0 Å². The molecule has 0 spiro atoms. The number of hydrogen-bond acceptors (Lipinski definition) is 6. The third-order valence-corrected chi connectivity index (χ3v) is 4.23. The fourth-order valence-electron chi connectivity index (χ4n) is 1.86. The lowest BCUT2D eigenvalue weighted by molar-refractivity contribution is 0.174. The first kappa shape index (κ1) is 15.2. The summed E-state index contributed by atoms with van der Waals surface area (Å²) >= 11 is 0. The molecule has 0 bridgehead atoms. The van der Waals surface area contributed by atoms with Crippen LogP contribution in [0.3, 0.4) is 0 Å². The van der Waals surface area contributed by atoms with Gasteiger partial charge in [0.05, 0.1) is 7.11 Å². The van der Waals surface area contributed by atoms with E-state index in [2.05, 4.69) is 14.4 Å². The average Bonchev–Trinajstić information content (AvgIpc) is 2.31. The summed E-state index contributed by atoms with van der Waals surface area (Å²) in [6.45, 7) is 1.68. The first-order valence-electron chi connectivity index (χ1n) is 5.61. The number of methoxy groups -OCH3 is 1. The standard InChI is InChI=1S/C9H20N4O4S/c1-13-5-3-9(7-10,4-6-13)12-18(15,16)11-8(14)17-2/h12H,3-7,10H2,1-2H3,(H,11,14). The van der Waals surface area contributed by atoms with Crippen LogP contribution >= 0.6 is 0 Å². The Balaban J connectivity index is 2.70. The van der Waals surface area contributed by atoms with E-state index >= 15 is 0 Å². The van der Waals surface area contributed by atoms with Crippen LogP contribution in [0.15, 0.2) is 0 Å². The average molecular weight is 280 g/mol. The Hall–Kier alpha value is -0.900. The zero-order chi connectivity index (χ0) is 13.8. The van der Waals surface area contributed by atoms with Crippen molar-refractivity contribution < 1.29 is 17.9 Å². The highest BCUT2D eigenvalue weighted by Crippen LogP contribution is 2.21. The quantitative estimate of drug-likeness (QED) is 0.583. The van der Waals surface area contributed by atoms with Gasteiger partial charge in [0, 0.05) is 12.1 Å². The van der Waals surface area contributed by atoms with Gasteiger partial charge in [-0.25, -0.2) is 9.52 Å². The molecule has 106 valence electrons. The van der Waals surface area contributed by atoms with Gasteiger partial charge in [0.2, 0.25) is 0 Å². The van der Waals surface area contributed by atoms with E-state index in [0.29, 0.717) is 12.8 Å². The number of nitrogens with two attached hydrogens (primary N) is 1. The summed E-state index contributed by atoms with van der Waals surface area (Å²) in [6.07, 6.45) is 0.173. The van der Waals surface area contributed by atoms with E-state index < -0.39 is 21.8 Å². The molecule has 4 N–H and O–H groups in total. The Kier molecular flexibility index (Phi) is 4.91. The number of likely N-dealkylation sites (tertiary alicyclic amines) is 1. The summed E-state index contributed by atoms with van der Waals surface area (Å²) in [7, 11) is -0.897. The normalized spacial score (nSPS) is 20.4. The van der Waals surface area contributed by atoms with Crippen LogP contribution in [-0.2, 0) is 14.9 Å². The molecule has 1 amide bonds. The Morgan fingerprint density at radius 3 is 2.44 bits per heavy atom. The topological polar surface area (TPSA) is 114 Å². The van der Waals surface area contributed by atoms with Crippen molar-refractivity contribution in [3.8, 4) is 0 Å². The van der Waals surface area contributed by atoms with Crippen molar-refractivity contribution >= 4 is 16.3 Å². The zero-order valence-corrected chi connectivity index (χ0v) is 11.4. The Labute approximate surface area is 107 Å². The maximum absolute atomic E-state index is 11.7. The van der Waals surface area contributed by atoms with Crippen molar-refractivity contribution in [2.75, 3.05) is 33.8 Å². The van der Waals surface area contributed by atoms with Gasteiger partial charge in [-0.05, 0) is 33.0 Å². The van der Waals surface area contributed by atoms with Gasteiger partial charge in [-0.3, -0.25) is 0 Å². The molecule has 0 aliphatic carbocycles. The zero-order valence-electron chi connectivity index (χ0n) is 10.6. The van der Waals surface area contributed by atoms with E-state index in [1.54, 1.807) is 4.72 Å². The molecular weight excluding hydrogens is 260 g/mol. The van der Waals surface area contributed by atoms with Crippen LogP contribution in [0.25, 0.3) is 0 Å². The molecule has 1 fully saturated rings. The molecule has 1 aliphatic rings. The van der Waals surface area contributed by atoms with Crippen molar-refractivity contribution in [2.24, 2.45) is 5.73 Å². The number of ether oxygens (including phenoxy) is 1. The molecule has 0 aromatic carbocycles. The fraction of sp³-hybridized carbons (Fsp3) is 0.889. The molecular formula is C9H20N4O4S. The van der Waals surface area contributed by atoms with Gasteiger partial charge in [-0.15, -0.1) is 0 Å². The van der Waals surface area contributed by atoms with Gasteiger partial charge in [0.25, 0.3) is 0 Å². The number of nitrogens with one attached hydrogen (secondary N) is 2. The predicted octanol–water partition coefficient (Wildman–Crippen LogP) is -1.40. The van der Waals surface area contributed by atoms with E-state index in [9.17, 15) is 13.2 Å². The predicted molar refractivity (Wildman–Crippen MR) is 66.1 cm³/mol. The third-order valence-electron chi connectivity index (χ3n) is 3.09. The summed E-state index contributed by atoms with van der Waals surface area (Å²) in [5.74, 6) is 0. The Bertz CT molecular complexity index is 389. The lowest BCUT2D eigenvalue weighted by Crippen LogP contribution is -2.61. The molecule has 1 rings (SSSR count). The highest BCUT2D eigenvalue weighted by atomic mass is 32.2. The first-order chi connectivity index (χ1) is 8.32. The number of piperidine rings is 1. The Morgan fingerprint density at radius 2 is 2.00 bits per heavy atom. The molecule has 0 radical (unpaired) electrons. The molecule has 0 atom stereocenters. The molecule has 1 saturated heterocycles. The highest BCUT2D eigenvalue weighted by molar-refractivity contribution is 7.88. The van der Waals surface area contributed by atoms with E-state index in [-0.39, 0.29) is 6.54 Å². The van der Waals surface area contributed by atoms with E-state index in [0.717, 1.165) is 20.2 Å². The monoisotopic (exact) mass is 280 g/mol. The maximum Gasteiger partial charge on any atom is 0.421 e.